The van der Waals surface area contributed by atoms with Gasteiger partial charge >= 0.3 is 0 Å². The molecule has 9 nitrogen and oxygen atoms in total. The molecule has 150 valence electrons. The molecule has 0 fully saturated rings. The third-order valence-corrected chi connectivity index (χ3v) is 5.25. The van der Waals surface area contributed by atoms with Crippen molar-refractivity contribution < 1.29 is 27.6 Å². The highest BCUT2D eigenvalue weighted by molar-refractivity contribution is 8.13. The summed E-state index contributed by atoms with van der Waals surface area (Å²) in [6, 6.07) is 7.85. The Labute approximate surface area is 165 Å². The predicted octanol–water partition coefficient (Wildman–Crippen LogP) is 2.51. The number of nitro groups is 1. The monoisotopic (exact) mass is 428 g/mol. The van der Waals surface area contributed by atoms with E-state index >= 15 is 0 Å². The van der Waals surface area contributed by atoms with E-state index in [0.717, 1.165) is 0 Å². The van der Waals surface area contributed by atoms with Crippen LogP contribution in [0.25, 0.3) is 0 Å². The minimum Gasteiger partial charge on any atom is -0.493 e. The highest BCUT2D eigenvalue weighted by Gasteiger charge is 2.20. The lowest BCUT2D eigenvalue weighted by molar-refractivity contribution is -0.384. The average Bonchev–Trinajstić information content (AvgIpc) is 2.66. The summed E-state index contributed by atoms with van der Waals surface area (Å²) >= 11 is 0. The van der Waals surface area contributed by atoms with Crippen molar-refractivity contribution in [2.75, 3.05) is 20.8 Å². The van der Waals surface area contributed by atoms with Crippen LogP contribution in [0.2, 0.25) is 0 Å². The van der Waals surface area contributed by atoms with Gasteiger partial charge in [-0.2, -0.15) is 0 Å². The Morgan fingerprint density at radius 2 is 1.71 bits per heavy atom. The number of hydrogen-bond donors (Lipinski definition) is 1. The van der Waals surface area contributed by atoms with E-state index in [2.05, 4.69) is 5.32 Å². The van der Waals surface area contributed by atoms with Gasteiger partial charge in [0, 0.05) is 41.0 Å². The molecule has 0 spiro atoms. The molecule has 0 bridgehead atoms. The maximum Gasteiger partial charge on any atom is 0.269 e. The summed E-state index contributed by atoms with van der Waals surface area (Å²) in [6.07, 6.45) is 0.153. The van der Waals surface area contributed by atoms with E-state index in [-0.39, 0.29) is 34.9 Å². The number of nitrogens with zero attached hydrogens (tertiary/aromatic N) is 1. The van der Waals surface area contributed by atoms with Crippen LogP contribution < -0.4 is 14.8 Å². The lowest BCUT2D eigenvalue weighted by atomic mass is 10.1. The van der Waals surface area contributed by atoms with Gasteiger partial charge in [-0.25, -0.2) is 8.42 Å². The van der Waals surface area contributed by atoms with Crippen molar-refractivity contribution in [1.82, 2.24) is 5.32 Å². The number of ether oxygens (including phenoxy) is 2. The van der Waals surface area contributed by atoms with Gasteiger partial charge in [0.2, 0.25) is 0 Å². The first-order chi connectivity index (χ1) is 13.2. The van der Waals surface area contributed by atoms with Gasteiger partial charge in [0.25, 0.3) is 20.6 Å². The zero-order chi connectivity index (χ0) is 20.9. The van der Waals surface area contributed by atoms with Gasteiger partial charge < -0.3 is 14.8 Å². The molecule has 0 radical (unpaired) electrons. The molecular weight excluding hydrogens is 412 g/mol. The standard InChI is InChI=1S/C17H17ClN2O7S/c1-26-14-9-12(16(28(18,24)25)10-15(14)27-2)7-8-19-17(21)11-3-5-13(6-4-11)20(22)23/h3-6,9-10H,7-8H2,1-2H3,(H,19,21). The topological polar surface area (TPSA) is 125 Å². The molecule has 28 heavy (non-hydrogen) atoms. The Kier molecular flexibility index (Phi) is 6.81. The summed E-state index contributed by atoms with van der Waals surface area (Å²) in [7, 11) is 4.23. The molecule has 0 aromatic heterocycles. The minimum absolute atomic E-state index is 0.102. The maximum atomic E-state index is 12.2. The van der Waals surface area contributed by atoms with Crippen molar-refractivity contribution in [3.63, 3.8) is 0 Å². The molecule has 0 saturated carbocycles. The largest absolute Gasteiger partial charge is 0.493 e. The number of hydrogen-bond acceptors (Lipinski definition) is 7. The van der Waals surface area contributed by atoms with Gasteiger partial charge in [0.1, 0.15) is 0 Å². The Morgan fingerprint density at radius 3 is 2.21 bits per heavy atom. The average molecular weight is 429 g/mol. The number of carbonyl (C=O) groups excluding carboxylic acids is 1. The van der Waals surface area contributed by atoms with Gasteiger partial charge in [-0.05, 0) is 30.2 Å². The Bertz CT molecular complexity index is 991. The van der Waals surface area contributed by atoms with Crippen molar-refractivity contribution >= 4 is 31.3 Å². The lowest BCUT2D eigenvalue weighted by Gasteiger charge is -2.13. The van der Waals surface area contributed by atoms with Crippen LogP contribution >= 0.6 is 10.7 Å². The smallest absolute Gasteiger partial charge is 0.269 e. The maximum absolute atomic E-state index is 12.2. The van der Waals surface area contributed by atoms with Gasteiger partial charge in [0.15, 0.2) is 11.5 Å². The zero-order valence-corrected chi connectivity index (χ0v) is 16.5. The van der Waals surface area contributed by atoms with E-state index < -0.39 is 19.9 Å². The molecule has 0 aliphatic carbocycles. The molecular formula is C17H17ClN2O7S. The lowest BCUT2D eigenvalue weighted by Crippen LogP contribution is -2.26. The van der Waals surface area contributed by atoms with E-state index in [9.17, 15) is 23.3 Å². The second-order valence-electron chi connectivity index (χ2n) is 5.56. The fourth-order valence-electron chi connectivity index (χ4n) is 2.47. The SMILES string of the molecule is COc1cc(CCNC(=O)c2ccc([N+](=O)[O-])cc2)c(S(=O)(=O)Cl)cc1OC. The van der Waals surface area contributed by atoms with E-state index in [1.165, 1.54) is 50.6 Å². The molecule has 2 aromatic carbocycles. The summed E-state index contributed by atoms with van der Waals surface area (Å²) in [5, 5.41) is 13.3. The number of benzene rings is 2. The van der Waals surface area contributed by atoms with Gasteiger partial charge in [-0.1, -0.05) is 0 Å². The second kappa shape index (κ2) is 8.89. The Morgan fingerprint density at radius 1 is 1.14 bits per heavy atom. The highest BCUT2D eigenvalue weighted by Crippen LogP contribution is 2.34. The molecule has 0 heterocycles. The van der Waals surface area contributed by atoms with Crippen LogP contribution in [0.3, 0.4) is 0 Å². The first-order valence-electron chi connectivity index (χ1n) is 7.89. The third-order valence-electron chi connectivity index (χ3n) is 3.85. The van der Waals surface area contributed by atoms with Crippen LogP contribution in [0, 0.1) is 10.1 Å². The number of methoxy groups -OCH3 is 2. The summed E-state index contributed by atoms with van der Waals surface area (Å²) in [6.45, 7) is 0.102. The van der Waals surface area contributed by atoms with E-state index in [1.807, 2.05) is 0 Å². The quantitative estimate of drug-likeness (QED) is 0.389. The summed E-state index contributed by atoms with van der Waals surface area (Å²) in [5.41, 5.74) is 0.457. The number of rotatable bonds is 8. The van der Waals surface area contributed by atoms with Crippen LogP contribution in [0.4, 0.5) is 5.69 Å². The van der Waals surface area contributed by atoms with Crippen molar-refractivity contribution in [3.8, 4) is 11.5 Å². The summed E-state index contributed by atoms with van der Waals surface area (Å²) in [4.78, 5) is 22.1. The second-order valence-corrected chi connectivity index (χ2v) is 8.10. The molecule has 2 aromatic rings. The van der Waals surface area contributed by atoms with Gasteiger partial charge in [-0.3, -0.25) is 14.9 Å². The molecule has 1 amide bonds. The van der Waals surface area contributed by atoms with Crippen molar-refractivity contribution in [1.29, 1.82) is 0 Å². The van der Waals surface area contributed by atoms with Crippen molar-refractivity contribution in [3.05, 3.63) is 57.6 Å². The summed E-state index contributed by atoms with van der Waals surface area (Å²) in [5.74, 6) is 0.0781. The molecule has 1 N–H and O–H groups in total. The summed E-state index contributed by atoms with van der Waals surface area (Å²) < 4.78 is 34.0. The zero-order valence-electron chi connectivity index (χ0n) is 15.0. The molecule has 0 saturated heterocycles. The molecule has 0 aliphatic rings. The molecule has 11 heteroatoms. The van der Waals surface area contributed by atoms with Crippen molar-refractivity contribution in [2.24, 2.45) is 0 Å². The fourth-order valence-corrected chi connectivity index (χ4v) is 3.62. The van der Waals surface area contributed by atoms with Crippen LogP contribution in [0.15, 0.2) is 41.3 Å². The van der Waals surface area contributed by atoms with Gasteiger partial charge in [0.05, 0.1) is 24.0 Å². The van der Waals surface area contributed by atoms with E-state index in [4.69, 9.17) is 20.2 Å². The van der Waals surface area contributed by atoms with E-state index in [0.29, 0.717) is 11.3 Å². The molecule has 0 aliphatic heterocycles. The predicted molar refractivity (Wildman–Crippen MR) is 102 cm³/mol. The number of carbonyl (C=O) groups is 1. The number of nitro benzene ring substituents is 1. The fraction of sp³-hybridized carbons (Fsp3) is 0.235. The first kappa shape index (κ1) is 21.5. The van der Waals surface area contributed by atoms with E-state index in [1.54, 1.807) is 0 Å². The normalized spacial score (nSPS) is 11.0. The minimum atomic E-state index is -4.05. The number of halogens is 1. The number of non-ortho nitro benzene ring substituents is 1. The first-order valence-corrected chi connectivity index (χ1v) is 10.2. The number of amides is 1. The van der Waals surface area contributed by atoms with Crippen LogP contribution in [0.5, 0.6) is 11.5 Å². The molecule has 2 rings (SSSR count). The van der Waals surface area contributed by atoms with Crippen LogP contribution in [-0.2, 0) is 15.5 Å². The Balaban J connectivity index is 2.15. The molecule has 0 unspecified atom stereocenters. The Hall–Kier alpha value is -2.85. The van der Waals surface area contributed by atoms with Crippen molar-refractivity contribution in [2.45, 2.75) is 11.3 Å². The molecule has 0 atom stereocenters. The van der Waals surface area contributed by atoms with Gasteiger partial charge in [-0.15, -0.1) is 0 Å². The van der Waals surface area contributed by atoms with Crippen LogP contribution in [0.1, 0.15) is 15.9 Å². The highest BCUT2D eigenvalue weighted by atomic mass is 35.7. The third kappa shape index (κ3) is 5.11. The number of nitrogens with one attached hydrogen (secondary N) is 1. The van der Waals surface area contributed by atoms with Crippen LogP contribution in [-0.4, -0.2) is 40.0 Å².